The minimum atomic E-state index is -0.119. The topological polar surface area (TPSA) is 58.6 Å². The number of carbonyl (C=O) groups is 2. The third-order valence-corrected chi connectivity index (χ3v) is 5.75. The van der Waals surface area contributed by atoms with Crippen molar-refractivity contribution in [1.29, 1.82) is 0 Å². The van der Waals surface area contributed by atoms with Gasteiger partial charge in [-0.1, -0.05) is 18.6 Å². The van der Waals surface area contributed by atoms with Gasteiger partial charge < -0.3 is 15.0 Å². The lowest BCUT2D eigenvalue weighted by Gasteiger charge is -2.23. The summed E-state index contributed by atoms with van der Waals surface area (Å²) in [7, 11) is 0. The molecule has 0 spiro atoms. The van der Waals surface area contributed by atoms with E-state index in [1.165, 1.54) is 19.3 Å². The summed E-state index contributed by atoms with van der Waals surface area (Å²) < 4.78 is 6.05. The zero-order valence-electron chi connectivity index (χ0n) is 16.7. The molecule has 1 aliphatic carbocycles. The summed E-state index contributed by atoms with van der Waals surface area (Å²) in [6.07, 6.45) is 7.95. The highest BCUT2D eigenvalue weighted by Crippen LogP contribution is 2.24. The van der Waals surface area contributed by atoms with Crippen molar-refractivity contribution in [2.24, 2.45) is 0 Å². The molecule has 1 aliphatic heterocycles. The van der Waals surface area contributed by atoms with Gasteiger partial charge in [0.05, 0.1) is 6.10 Å². The van der Waals surface area contributed by atoms with Crippen LogP contribution >= 0.6 is 0 Å². The zero-order chi connectivity index (χ0) is 20.1. The maximum Gasteiger partial charge on any atom is 0.251 e. The van der Waals surface area contributed by atoms with Crippen LogP contribution in [0.4, 0.5) is 5.69 Å². The van der Waals surface area contributed by atoms with Gasteiger partial charge in [0, 0.05) is 30.8 Å². The Kier molecular flexibility index (Phi) is 6.13. The molecule has 1 N–H and O–H groups in total. The second-order valence-corrected chi connectivity index (χ2v) is 7.90. The average molecular weight is 392 g/mol. The maximum atomic E-state index is 12.4. The van der Waals surface area contributed by atoms with E-state index in [4.69, 9.17) is 4.74 Å². The largest absolute Gasteiger partial charge is 0.490 e. The lowest BCUT2D eigenvalue weighted by Crippen LogP contribution is -2.25. The number of hydrogen-bond acceptors (Lipinski definition) is 3. The number of anilines is 1. The maximum absolute atomic E-state index is 12.4. The zero-order valence-corrected chi connectivity index (χ0v) is 16.7. The van der Waals surface area contributed by atoms with Crippen molar-refractivity contribution in [2.75, 3.05) is 11.4 Å². The number of nitrogens with one attached hydrogen (secondary N) is 1. The Bertz CT molecular complexity index is 839. The Balaban J connectivity index is 1.28. The van der Waals surface area contributed by atoms with Gasteiger partial charge in [0.25, 0.3) is 5.91 Å². The molecule has 0 unspecified atom stereocenters. The van der Waals surface area contributed by atoms with Crippen LogP contribution in [0.2, 0.25) is 0 Å². The fraction of sp³-hybridized carbons (Fsp3) is 0.417. The van der Waals surface area contributed by atoms with E-state index in [0.29, 0.717) is 24.6 Å². The number of amides is 2. The Morgan fingerprint density at radius 3 is 2.34 bits per heavy atom. The second kappa shape index (κ2) is 9.12. The van der Waals surface area contributed by atoms with Gasteiger partial charge in [-0.2, -0.15) is 0 Å². The third kappa shape index (κ3) is 4.97. The van der Waals surface area contributed by atoms with Crippen LogP contribution in [0.3, 0.4) is 0 Å². The molecule has 2 fully saturated rings. The van der Waals surface area contributed by atoms with Gasteiger partial charge in [0.2, 0.25) is 5.91 Å². The number of benzene rings is 2. The lowest BCUT2D eigenvalue weighted by molar-refractivity contribution is -0.117. The second-order valence-electron chi connectivity index (χ2n) is 7.90. The first kappa shape index (κ1) is 19.5. The molecule has 0 atom stereocenters. The van der Waals surface area contributed by atoms with Crippen molar-refractivity contribution < 1.29 is 14.3 Å². The number of nitrogens with zero attached hydrogens (tertiary/aromatic N) is 1. The molecule has 1 saturated heterocycles. The van der Waals surface area contributed by atoms with E-state index in [-0.39, 0.29) is 11.8 Å². The Labute approximate surface area is 172 Å². The molecule has 1 heterocycles. The van der Waals surface area contributed by atoms with E-state index >= 15 is 0 Å². The molecule has 2 aromatic carbocycles. The monoisotopic (exact) mass is 392 g/mol. The average Bonchev–Trinajstić information content (AvgIpc) is 3.20. The number of hydrogen-bond donors (Lipinski definition) is 1. The summed E-state index contributed by atoms with van der Waals surface area (Å²) in [4.78, 5) is 26.0. The molecule has 5 heteroatoms. The summed E-state index contributed by atoms with van der Waals surface area (Å²) >= 11 is 0. The Hall–Kier alpha value is -2.82. The molecule has 0 bridgehead atoms. The van der Waals surface area contributed by atoms with Crippen LogP contribution in [-0.4, -0.2) is 24.5 Å². The molecule has 2 aromatic rings. The molecule has 2 amide bonds. The van der Waals surface area contributed by atoms with E-state index in [9.17, 15) is 9.59 Å². The van der Waals surface area contributed by atoms with Crippen molar-refractivity contribution in [3.05, 3.63) is 59.7 Å². The number of rotatable bonds is 6. The van der Waals surface area contributed by atoms with Gasteiger partial charge in [-0.15, -0.1) is 0 Å². The van der Waals surface area contributed by atoms with Crippen molar-refractivity contribution in [2.45, 2.75) is 57.6 Å². The standard InChI is InChI=1S/C24H28N2O3/c27-23-7-4-16-26(23)20-12-10-19(11-13-20)24(28)25-17-18-8-14-22(15-9-18)29-21-5-2-1-3-6-21/h8-15,21H,1-7,16-17H2,(H,25,28). The van der Waals surface area contributed by atoms with Crippen LogP contribution in [0, 0.1) is 0 Å². The van der Waals surface area contributed by atoms with Crippen LogP contribution in [0.15, 0.2) is 48.5 Å². The highest BCUT2D eigenvalue weighted by Gasteiger charge is 2.21. The summed E-state index contributed by atoms with van der Waals surface area (Å²) in [6, 6.07) is 15.2. The molecule has 0 radical (unpaired) electrons. The molecule has 4 rings (SSSR count). The molecule has 29 heavy (non-hydrogen) atoms. The first-order valence-electron chi connectivity index (χ1n) is 10.6. The third-order valence-electron chi connectivity index (χ3n) is 5.75. The summed E-state index contributed by atoms with van der Waals surface area (Å²) in [6.45, 7) is 1.22. The van der Waals surface area contributed by atoms with Gasteiger partial charge in [-0.05, 0) is 74.1 Å². The lowest BCUT2D eigenvalue weighted by atomic mass is 9.98. The summed E-state index contributed by atoms with van der Waals surface area (Å²) in [5.41, 5.74) is 2.49. The Morgan fingerprint density at radius 1 is 0.966 bits per heavy atom. The van der Waals surface area contributed by atoms with E-state index in [2.05, 4.69) is 5.32 Å². The summed E-state index contributed by atoms with van der Waals surface area (Å²) in [5.74, 6) is 0.934. The van der Waals surface area contributed by atoms with E-state index in [1.807, 2.05) is 36.4 Å². The van der Waals surface area contributed by atoms with Gasteiger partial charge in [0.15, 0.2) is 0 Å². The molecule has 5 nitrogen and oxygen atoms in total. The fourth-order valence-electron chi connectivity index (χ4n) is 4.06. The van der Waals surface area contributed by atoms with Crippen LogP contribution in [0.5, 0.6) is 5.75 Å². The quantitative estimate of drug-likeness (QED) is 0.790. The molecule has 0 aromatic heterocycles. The van der Waals surface area contributed by atoms with Crippen molar-refractivity contribution in [1.82, 2.24) is 5.32 Å². The van der Waals surface area contributed by atoms with Crippen LogP contribution < -0.4 is 15.0 Å². The van der Waals surface area contributed by atoms with Gasteiger partial charge in [-0.3, -0.25) is 9.59 Å². The minimum absolute atomic E-state index is 0.119. The summed E-state index contributed by atoms with van der Waals surface area (Å²) in [5, 5.41) is 2.95. The van der Waals surface area contributed by atoms with Crippen LogP contribution in [-0.2, 0) is 11.3 Å². The highest BCUT2D eigenvalue weighted by molar-refractivity contribution is 5.97. The molecular formula is C24H28N2O3. The predicted octanol–water partition coefficient (Wildman–Crippen LogP) is 4.45. The normalized spacial score (nSPS) is 17.4. The predicted molar refractivity (Wildman–Crippen MR) is 113 cm³/mol. The molecule has 152 valence electrons. The van der Waals surface area contributed by atoms with E-state index in [0.717, 1.165) is 42.8 Å². The molecule has 2 aliphatic rings. The first-order valence-corrected chi connectivity index (χ1v) is 10.6. The smallest absolute Gasteiger partial charge is 0.251 e. The van der Waals surface area contributed by atoms with Crippen LogP contribution in [0.1, 0.15) is 60.9 Å². The van der Waals surface area contributed by atoms with E-state index < -0.39 is 0 Å². The first-order chi connectivity index (χ1) is 14.2. The van der Waals surface area contributed by atoms with Crippen molar-refractivity contribution >= 4 is 17.5 Å². The van der Waals surface area contributed by atoms with Crippen molar-refractivity contribution in [3.8, 4) is 5.75 Å². The Morgan fingerprint density at radius 2 is 1.69 bits per heavy atom. The van der Waals surface area contributed by atoms with Gasteiger partial charge >= 0.3 is 0 Å². The van der Waals surface area contributed by atoms with Crippen LogP contribution in [0.25, 0.3) is 0 Å². The van der Waals surface area contributed by atoms with Gasteiger partial charge in [-0.25, -0.2) is 0 Å². The van der Waals surface area contributed by atoms with Crippen molar-refractivity contribution in [3.63, 3.8) is 0 Å². The SMILES string of the molecule is O=C(NCc1ccc(OC2CCCCC2)cc1)c1ccc(N2CCCC2=O)cc1. The van der Waals surface area contributed by atoms with E-state index in [1.54, 1.807) is 17.0 Å². The number of ether oxygens (including phenoxy) is 1. The molecular weight excluding hydrogens is 364 g/mol. The molecule has 1 saturated carbocycles. The number of carbonyl (C=O) groups excluding carboxylic acids is 2. The highest BCUT2D eigenvalue weighted by atomic mass is 16.5. The minimum Gasteiger partial charge on any atom is -0.490 e. The van der Waals surface area contributed by atoms with Gasteiger partial charge in [0.1, 0.15) is 5.75 Å². The fourth-order valence-corrected chi connectivity index (χ4v) is 4.06.